The molecule has 0 bridgehead atoms. The van der Waals surface area contributed by atoms with Gasteiger partial charge in [-0.15, -0.1) is 0 Å². The van der Waals surface area contributed by atoms with Crippen molar-refractivity contribution in [2.24, 2.45) is 0 Å². The summed E-state index contributed by atoms with van der Waals surface area (Å²) in [7, 11) is 0. The molecular formula is C13H17N3O2. The lowest BCUT2D eigenvalue weighted by atomic mass is 10.1. The van der Waals surface area contributed by atoms with E-state index in [1.807, 2.05) is 0 Å². The van der Waals surface area contributed by atoms with E-state index in [4.69, 9.17) is 9.63 Å². The summed E-state index contributed by atoms with van der Waals surface area (Å²) < 4.78 is 5.16. The Balaban J connectivity index is 1.94. The van der Waals surface area contributed by atoms with Gasteiger partial charge in [-0.25, -0.2) is 0 Å². The van der Waals surface area contributed by atoms with Gasteiger partial charge in [-0.3, -0.25) is 0 Å². The van der Waals surface area contributed by atoms with Crippen LogP contribution in [0.5, 0.6) is 5.75 Å². The molecule has 0 aliphatic carbocycles. The SMILES string of the molecule is CCC(C)c1noc(CNc2ccc(O)cc2)n1. The molecular weight excluding hydrogens is 230 g/mol. The average molecular weight is 247 g/mol. The second kappa shape index (κ2) is 5.53. The van der Waals surface area contributed by atoms with E-state index in [9.17, 15) is 0 Å². The Bertz CT molecular complexity index is 493. The van der Waals surface area contributed by atoms with Crippen LogP contribution in [-0.4, -0.2) is 15.2 Å². The molecule has 0 amide bonds. The zero-order valence-corrected chi connectivity index (χ0v) is 10.6. The Morgan fingerprint density at radius 1 is 1.33 bits per heavy atom. The van der Waals surface area contributed by atoms with E-state index in [0.717, 1.165) is 17.9 Å². The number of nitrogens with zero attached hydrogens (tertiary/aromatic N) is 2. The lowest BCUT2D eigenvalue weighted by Crippen LogP contribution is -2.00. The van der Waals surface area contributed by atoms with E-state index in [-0.39, 0.29) is 5.75 Å². The fourth-order valence-electron chi connectivity index (χ4n) is 1.48. The first-order valence-corrected chi connectivity index (χ1v) is 6.04. The third kappa shape index (κ3) is 3.00. The first-order valence-electron chi connectivity index (χ1n) is 6.04. The maximum atomic E-state index is 9.16. The maximum Gasteiger partial charge on any atom is 0.245 e. The number of aromatic nitrogens is 2. The van der Waals surface area contributed by atoms with Crippen molar-refractivity contribution in [2.75, 3.05) is 5.32 Å². The van der Waals surface area contributed by atoms with E-state index in [2.05, 4.69) is 29.3 Å². The monoisotopic (exact) mass is 247 g/mol. The maximum absolute atomic E-state index is 9.16. The first-order chi connectivity index (χ1) is 8.69. The number of phenolic OH excluding ortho intramolecular Hbond substituents is 1. The standard InChI is InChI=1S/C13H17N3O2/c1-3-9(2)13-15-12(18-16-13)8-14-10-4-6-11(17)7-5-10/h4-7,9,14,17H,3,8H2,1-2H3. The quantitative estimate of drug-likeness (QED) is 0.795. The molecule has 0 spiro atoms. The molecule has 1 heterocycles. The van der Waals surface area contributed by atoms with Gasteiger partial charge in [0.05, 0.1) is 6.54 Å². The highest BCUT2D eigenvalue weighted by Gasteiger charge is 2.11. The Labute approximate surface area is 106 Å². The summed E-state index contributed by atoms with van der Waals surface area (Å²) in [5.74, 6) is 1.88. The minimum Gasteiger partial charge on any atom is -0.508 e. The largest absolute Gasteiger partial charge is 0.508 e. The van der Waals surface area contributed by atoms with Gasteiger partial charge in [0.25, 0.3) is 0 Å². The van der Waals surface area contributed by atoms with E-state index < -0.39 is 0 Å². The average Bonchev–Trinajstić information content (AvgIpc) is 2.86. The Kier molecular flexibility index (Phi) is 3.82. The summed E-state index contributed by atoms with van der Waals surface area (Å²) in [6.07, 6.45) is 0.990. The summed E-state index contributed by atoms with van der Waals surface area (Å²) in [6.45, 7) is 4.64. The van der Waals surface area contributed by atoms with Gasteiger partial charge in [0.2, 0.25) is 5.89 Å². The summed E-state index contributed by atoms with van der Waals surface area (Å²) in [5.41, 5.74) is 0.899. The third-order valence-electron chi connectivity index (χ3n) is 2.85. The van der Waals surface area contributed by atoms with Crippen LogP contribution in [0.4, 0.5) is 5.69 Å². The highest BCUT2D eigenvalue weighted by Crippen LogP contribution is 2.16. The minimum atomic E-state index is 0.248. The van der Waals surface area contributed by atoms with E-state index in [1.165, 1.54) is 0 Å². The molecule has 5 nitrogen and oxygen atoms in total. The van der Waals surface area contributed by atoms with Gasteiger partial charge < -0.3 is 14.9 Å². The Hall–Kier alpha value is -2.04. The van der Waals surface area contributed by atoms with Crippen molar-refractivity contribution in [1.82, 2.24) is 10.1 Å². The van der Waals surface area contributed by atoms with Crippen LogP contribution in [0.2, 0.25) is 0 Å². The van der Waals surface area contributed by atoms with Crippen molar-refractivity contribution in [3.8, 4) is 5.75 Å². The summed E-state index contributed by atoms with van der Waals surface area (Å²) in [4.78, 5) is 4.32. The highest BCUT2D eigenvalue weighted by molar-refractivity contribution is 5.45. The number of anilines is 1. The van der Waals surface area contributed by atoms with Gasteiger partial charge in [-0.2, -0.15) is 4.98 Å². The van der Waals surface area contributed by atoms with Gasteiger partial charge in [0.1, 0.15) is 5.75 Å². The first kappa shape index (κ1) is 12.4. The molecule has 1 unspecified atom stereocenters. The van der Waals surface area contributed by atoms with Crippen LogP contribution >= 0.6 is 0 Å². The molecule has 0 fully saturated rings. The second-order valence-electron chi connectivity index (χ2n) is 4.26. The molecule has 1 atom stereocenters. The molecule has 96 valence electrons. The van der Waals surface area contributed by atoms with Crippen molar-refractivity contribution >= 4 is 5.69 Å². The summed E-state index contributed by atoms with van der Waals surface area (Å²) in [5, 5.41) is 16.3. The fourth-order valence-corrected chi connectivity index (χ4v) is 1.48. The molecule has 18 heavy (non-hydrogen) atoms. The lowest BCUT2D eigenvalue weighted by molar-refractivity contribution is 0.374. The van der Waals surface area contributed by atoms with Crippen LogP contribution in [0, 0.1) is 0 Å². The molecule has 2 N–H and O–H groups in total. The molecule has 0 aliphatic rings. The van der Waals surface area contributed by atoms with Crippen molar-refractivity contribution in [3.05, 3.63) is 36.0 Å². The van der Waals surface area contributed by atoms with E-state index in [0.29, 0.717) is 18.4 Å². The molecule has 5 heteroatoms. The van der Waals surface area contributed by atoms with Crippen LogP contribution in [0.25, 0.3) is 0 Å². The predicted octanol–water partition coefficient (Wildman–Crippen LogP) is 2.90. The number of hydrogen-bond donors (Lipinski definition) is 2. The van der Waals surface area contributed by atoms with Crippen molar-refractivity contribution in [3.63, 3.8) is 0 Å². The van der Waals surface area contributed by atoms with Crippen LogP contribution in [0.15, 0.2) is 28.8 Å². The molecule has 0 aliphatic heterocycles. The molecule has 0 saturated heterocycles. The van der Waals surface area contributed by atoms with Crippen LogP contribution < -0.4 is 5.32 Å². The van der Waals surface area contributed by atoms with Gasteiger partial charge >= 0.3 is 0 Å². The lowest BCUT2D eigenvalue weighted by Gasteiger charge is -2.02. The van der Waals surface area contributed by atoms with E-state index >= 15 is 0 Å². The predicted molar refractivity (Wildman–Crippen MR) is 68.4 cm³/mol. The van der Waals surface area contributed by atoms with E-state index in [1.54, 1.807) is 24.3 Å². The summed E-state index contributed by atoms with van der Waals surface area (Å²) >= 11 is 0. The third-order valence-corrected chi connectivity index (χ3v) is 2.85. The minimum absolute atomic E-state index is 0.248. The fraction of sp³-hybridized carbons (Fsp3) is 0.385. The van der Waals surface area contributed by atoms with Gasteiger partial charge in [-0.1, -0.05) is 19.0 Å². The molecule has 2 rings (SSSR count). The van der Waals surface area contributed by atoms with Crippen LogP contribution in [0.3, 0.4) is 0 Å². The topological polar surface area (TPSA) is 71.2 Å². The zero-order chi connectivity index (χ0) is 13.0. The number of hydrogen-bond acceptors (Lipinski definition) is 5. The Morgan fingerprint density at radius 2 is 2.06 bits per heavy atom. The molecule has 1 aromatic carbocycles. The molecule has 2 aromatic rings. The number of nitrogens with one attached hydrogen (secondary N) is 1. The second-order valence-corrected chi connectivity index (χ2v) is 4.26. The normalized spacial score (nSPS) is 12.3. The highest BCUT2D eigenvalue weighted by atomic mass is 16.5. The number of aromatic hydroxyl groups is 1. The number of benzene rings is 1. The van der Waals surface area contributed by atoms with Crippen molar-refractivity contribution in [1.29, 1.82) is 0 Å². The molecule has 1 aromatic heterocycles. The van der Waals surface area contributed by atoms with Crippen molar-refractivity contribution in [2.45, 2.75) is 32.7 Å². The smallest absolute Gasteiger partial charge is 0.245 e. The van der Waals surface area contributed by atoms with Crippen LogP contribution in [0.1, 0.15) is 37.9 Å². The van der Waals surface area contributed by atoms with Crippen LogP contribution in [-0.2, 0) is 6.54 Å². The Morgan fingerprint density at radius 3 is 2.72 bits per heavy atom. The number of rotatable bonds is 5. The van der Waals surface area contributed by atoms with Gasteiger partial charge in [0.15, 0.2) is 5.82 Å². The zero-order valence-electron chi connectivity index (χ0n) is 10.6. The molecule has 0 radical (unpaired) electrons. The summed E-state index contributed by atoms with van der Waals surface area (Å²) in [6, 6.07) is 6.84. The molecule has 0 saturated carbocycles. The van der Waals surface area contributed by atoms with Gasteiger partial charge in [0, 0.05) is 11.6 Å². The van der Waals surface area contributed by atoms with Gasteiger partial charge in [-0.05, 0) is 30.7 Å². The number of phenols is 1. The van der Waals surface area contributed by atoms with Crippen molar-refractivity contribution < 1.29 is 9.63 Å².